The van der Waals surface area contributed by atoms with Gasteiger partial charge < -0.3 is 9.97 Å². The van der Waals surface area contributed by atoms with E-state index in [1.807, 2.05) is 0 Å². The van der Waals surface area contributed by atoms with E-state index in [0.717, 1.165) is 30.7 Å². The van der Waals surface area contributed by atoms with E-state index >= 15 is 0 Å². The van der Waals surface area contributed by atoms with Crippen molar-refractivity contribution in [2.75, 3.05) is 0 Å². The van der Waals surface area contributed by atoms with Crippen LogP contribution >= 0.6 is 0 Å². The molecule has 0 amide bonds. The Balaban J connectivity index is 1.13. The van der Waals surface area contributed by atoms with Crippen molar-refractivity contribution in [1.29, 1.82) is 0 Å². The molecule has 1 unspecified atom stereocenters. The summed E-state index contributed by atoms with van der Waals surface area (Å²) >= 11 is 0. The van der Waals surface area contributed by atoms with Gasteiger partial charge in [-0.3, -0.25) is 0 Å². The molecule has 3 heteroatoms. The van der Waals surface area contributed by atoms with Crippen LogP contribution in [0.2, 0.25) is 0 Å². The van der Waals surface area contributed by atoms with E-state index in [9.17, 15) is 0 Å². The molecule has 0 spiro atoms. The molecule has 0 fully saturated rings. The van der Waals surface area contributed by atoms with Crippen LogP contribution in [0, 0.1) is 6.92 Å². The highest BCUT2D eigenvalue weighted by atomic mass is 14.8. The van der Waals surface area contributed by atoms with E-state index in [0.29, 0.717) is 5.92 Å². The average molecular weight is 418 g/mol. The Morgan fingerprint density at radius 3 is 2.31 bits per heavy atom. The first-order chi connectivity index (χ1) is 15.6. The minimum absolute atomic E-state index is 0.425. The van der Waals surface area contributed by atoms with E-state index in [4.69, 9.17) is 4.99 Å². The van der Waals surface area contributed by atoms with Gasteiger partial charge in [-0.2, -0.15) is 0 Å². The Bertz CT molecular complexity index is 1350. The number of nitrogens with one attached hydrogen (secondary N) is 2. The highest BCUT2D eigenvalue weighted by Gasteiger charge is 2.22. The van der Waals surface area contributed by atoms with Crippen molar-refractivity contribution in [3.05, 3.63) is 118 Å². The maximum absolute atomic E-state index is 4.99. The normalized spacial score (nSPS) is 24.2. The second-order valence-electron chi connectivity index (χ2n) is 9.24. The molecule has 1 atom stereocenters. The molecule has 0 saturated carbocycles. The van der Waals surface area contributed by atoms with Crippen molar-refractivity contribution in [1.82, 2.24) is 9.97 Å². The van der Waals surface area contributed by atoms with E-state index in [2.05, 4.69) is 96.7 Å². The molecule has 32 heavy (non-hydrogen) atoms. The molecule has 2 N–H and O–H groups in total. The van der Waals surface area contributed by atoms with Gasteiger partial charge in [0.25, 0.3) is 0 Å². The van der Waals surface area contributed by atoms with Gasteiger partial charge in [-0.05, 0) is 85.4 Å². The quantitative estimate of drug-likeness (QED) is 0.533. The lowest BCUT2D eigenvalue weighted by Gasteiger charge is -2.06. The van der Waals surface area contributed by atoms with Gasteiger partial charge in [-0.15, -0.1) is 0 Å². The smallest absolute Gasteiger partial charge is 0.0673 e. The number of aromatic nitrogens is 2. The molecule has 0 radical (unpaired) electrons. The van der Waals surface area contributed by atoms with Gasteiger partial charge in [0.15, 0.2) is 0 Å². The molecular formula is C29H27N3. The largest absolute Gasteiger partial charge is 0.362 e. The fraction of sp³-hybridized carbons (Fsp3) is 0.207. The van der Waals surface area contributed by atoms with Gasteiger partial charge in [0.2, 0.25) is 0 Å². The molecular weight excluding hydrogens is 390 g/mol. The van der Waals surface area contributed by atoms with Crippen LogP contribution in [0.15, 0.2) is 100 Å². The van der Waals surface area contributed by atoms with Gasteiger partial charge in [0.1, 0.15) is 0 Å². The first-order valence-corrected chi connectivity index (χ1v) is 11.4. The monoisotopic (exact) mass is 417 g/mol. The summed E-state index contributed by atoms with van der Waals surface area (Å²) in [6.07, 6.45) is 20.7. The maximum atomic E-state index is 4.99. The van der Waals surface area contributed by atoms with Crippen LogP contribution in [0.25, 0.3) is 11.1 Å². The van der Waals surface area contributed by atoms with E-state index in [1.165, 1.54) is 50.6 Å². The minimum atomic E-state index is 0.425. The topological polar surface area (TPSA) is 43.9 Å². The summed E-state index contributed by atoms with van der Waals surface area (Å²) < 4.78 is 0. The Hall–Kier alpha value is -3.59. The number of H-pyrrole nitrogens is 2. The number of aliphatic imine (C=N–C) groups is 1. The summed E-state index contributed by atoms with van der Waals surface area (Å²) in [7, 11) is 0. The van der Waals surface area contributed by atoms with Gasteiger partial charge >= 0.3 is 0 Å². The van der Waals surface area contributed by atoms with E-state index < -0.39 is 0 Å². The first kappa shape index (κ1) is 19.1. The zero-order valence-electron chi connectivity index (χ0n) is 18.6. The fourth-order valence-corrected chi connectivity index (χ4v) is 4.97. The highest BCUT2D eigenvalue weighted by Crippen LogP contribution is 2.37. The number of hydrogen-bond donors (Lipinski definition) is 2. The Morgan fingerprint density at radius 1 is 0.781 bits per heavy atom. The summed E-state index contributed by atoms with van der Waals surface area (Å²) in [4.78, 5) is 12.1. The first-order valence-electron chi connectivity index (χ1n) is 11.4. The lowest BCUT2D eigenvalue weighted by molar-refractivity contribution is 0.837. The van der Waals surface area contributed by atoms with Crippen LogP contribution in [0.3, 0.4) is 0 Å². The standard InChI is InChI=1S/C29H27N3/c1-18-3-5-20(15-18)26-11-12-27(31-26)23-8-9-24(17-23)29-14-13-28(32-29)22-7-6-21(16-22)25-10-4-19(2)30-25/h3-14,21,30-31H,15-17H2,1-2H3/b28-22+. The summed E-state index contributed by atoms with van der Waals surface area (Å²) in [6, 6.07) is 8.75. The third kappa shape index (κ3) is 3.44. The van der Waals surface area contributed by atoms with Crippen molar-refractivity contribution in [3.8, 4) is 0 Å². The van der Waals surface area contributed by atoms with Crippen LogP contribution in [-0.2, 0) is 0 Å². The molecule has 158 valence electrons. The SMILES string of the molecule is CC1=CC=C(c2ccc(C3=CC=C(C4=N/C(=C5\C=CC(c6ccc(C)[nH]6)C5)C=C4)C3)[nH]2)C1. The second-order valence-corrected chi connectivity index (χ2v) is 9.24. The molecule has 2 aromatic rings. The van der Waals surface area contributed by atoms with Crippen LogP contribution in [0.5, 0.6) is 0 Å². The van der Waals surface area contributed by atoms with Gasteiger partial charge in [0, 0.05) is 35.1 Å². The van der Waals surface area contributed by atoms with Crippen LogP contribution in [-0.4, -0.2) is 15.7 Å². The minimum Gasteiger partial charge on any atom is -0.362 e. The van der Waals surface area contributed by atoms with Crippen molar-refractivity contribution in [2.45, 2.75) is 39.0 Å². The number of aryl methyl sites for hydroxylation is 1. The summed E-state index contributed by atoms with van der Waals surface area (Å²) in [6.45, 7) is 4.29. The zero-order valence-corrected chi connectivity index (χ0v) is 18.6. The predicted octanol–water partition coefficient (Wildman–Crippen LogP) is 7.11. The Kier molecular flexibility index (Phi) is 4.50. The van der Waals surface area contributed by atoms with Crippen molar-refractivity contribution < 1.29 is 0 Å². The fourth-order valence-electron chi connectivity index (χ4n) is 4.97. The van der Waals surface area contributed by atoms with E-state index in [-0.39, 0.29) is 0 Å². The molecule has 0 bridgehead atoms. The Morgan fingerprint density at radius 2 is 1.56 bits per heavy atom. The van der Waals surface area contributed by atoms with Crippen LogP contribution in [0.1, 0.15) is 54.9 Å². The van der Waals surface area contributed by atoms with Gasteiger partial charge in [-0.1, -0.05) is 42.0 Å². The molecule has 3 nitrogen and oxygen atoms in total. The third-order valence-electron chi connectivity index (χ3n) is 6.80. The van der Waals surface area contributed by atoms with Crippen LogP contribution in [0.4, 0.5) is 0 Å². The zero-order chi connectivity index (χ0) is 21.7. The number of aromatic amines is 2. The maximum Gasteiger partial charge on any atom is 0.0673 e. The lowest BCUT2D eigenvalue weighted by atomic mass is 10.0. The number of rotatable bonds is 4. The Labute approximate surface area is 189 Å². The second kappa shape index (κ2) is 7.52. The summed E-state index contributed by atoms with van der Waals surface area (Å²) in [5.41, 5.74) is 13.9. The van der Waals surface area contributed by atoms with Crippen molar-refractivity contribution in [2.24, 2.45) is 4.99 Å². The van der Waals surface area contributed by atoms with Crippen molar-refractivity contribution >= 4 is 16.9 Å². The summed E-state index contributed by atoms with van der Waals surface area (Å²) in [5.74, 6) is 0.425. The molecule has 2 aromatic heterocycles. The van der Waals surface area contributed by atoms with Gasteiger partial charge in [-0.25, -0.2) is 4.99 Å². The molecule has 0 aromatic carbocycles. The number of nitrogens with zero attached hydrogens (tertiary/aromatic N) is 1. The molecule has 6 rings (SSSR count). The molecule has 4 aliphatic rings. The third-order valence-corrected chi connectivity index (χ3v) is 6.80. The predicted molar refractivity (Wildman–Crippen MR) is 133 cm³/mol. The average Bonchev–Trinajstić information content (AvgIpc) is 3.61. The number of hydrogen-bond acceptors (Lipinski definition) is 1. The lowest BCUT2D eigenvalue weighted by Crippen LogP contribution is -1.96. The van der Waals surface area contributed by atoms with Gasteiger partial charge in [0.05, 0.1) is 11.4 Å². The number of allylic oxidation sites excluding steroid dienone is 13. The van der Waals surface area contributed by atoms with E-state index in [1.54, 1.807) is 0 Å². The molecule has 3 aliphatic carbocycles. The summed E-state index contributed by atoms with van der Waals surface area (Å²) in [5, 5.41) is 0. The molecule has 0 saturated heterocycles. The molecule has 1 aliphatic heterocycles. The van der Waals surface area contributed by atoms with Crippen molar-refractivity contribution in [3.63, 3.8) is 0 Å². The van der Waals surface area contributed by atoms with Crippen LogP contribution < -0.4 is 0 Å². The molecule has 3 heterocycles. The highest BCUT2D eigenvalue weighted by molar-refractivity contribution is 6.13.